The first-order valence-electron chi connectivity index (χ1n) is 5.84. The molecular weight excluding hydrogens is 282 g/mol. The van der Waals surface area contributed by atoms with E-state index in [0.717, 1.165) is 5.56 Å². The van der Waals surface area contributed by atoms with Crippen LogP contribution in [0.15, 0.2) is 30.3 Å². The summed E-state index contributed by atoms with van der Waals surface area (Å²) in [5.74, 6) is -2.47. The average Bonchev–Trinajstić information content (AvgIpc) is 2.37. The van der Waals surface area contributed by atoms with Crippen molar-refractivity contribution < 1.29 is 24.6 Å². The Bertz CT molecular complexity index is 477. The maximum absolute atomic E-state index is 11.2. The SMILES string of the molecule is O=C(O)CC(=O)N[C@@H](CSCc1ccccc1)C(=O)O. The number of hydrogen-bond donors (Lipinski definition) is 3. The number of thioether (sulfide) groups is 1. The number of carboxylic acids is 2. The highest BCUT2D eigenvalue weighted by Gasteiger charge is 2.20. The van der Waals surface area contributed by atoms with Crippen molar-refractivity contribution in [2.75, 3.05) is 5.75 Å². The number of benzene rings is 1. The molecule has 1 aromatic carbocycles. The zero-order valence-electron chi connectivity index (χ0n) is 10.6. The van der Waals surface area contributed by atoms with Gasteiger partial charge in [-0.05, 0) is 5.56 Å². The number of amides is 1. The smallest absolute Gasteiger partial charge is 0.327 e. The molecule has 6 nitrogen and oxygen atoms in total. The molecule has 0 spiro atoms. The molecule has 0 unspecified atom stereocenters. The summed E-state index contributed by atoms with van der Waals surface area (Å²) < 4.78 is 0. The lowest BCUT2D eigenvalue weighted by Gasteiger charge is -2.13. The summed E-state index contributed by atoms with van der Waals surface area (Å²) in [4.78, 5) is 32.6. The third-order valence-corrected chi connectivity index (χ3v) is 3.45. The molecule has 1 atom stereocenters. The van der Waals surface area contributed by atoms with Crippen molar-refractivity contribution in [3.8, 4) is 0 Å². The highest BCUT2D eigenvalue weighted by molar-refractivity contribution is 7.98. The Morgan fingerprint density at radius 3 is 2.35 bits per heavy atom. The number of carboxylic acid groups (broad SMARTS) is 2. The zero-order valence-corrected chi connectivity index (χ0v) is 11.4. The lowest BCUT2D eigenvalue weighted by molar-refractivity contribution is -0.144. The molecule has 0 heterocycles. The van der Waals surface area contributed by atoms with E-state index in [-0.39, 0.29) is 5.75 Å². The van der Waals surface area contributed by atoms with Crippen LogP contribution in [0, 0.1) is 0 Å². The number of carbonyl (C=O) groups excluding carboxylic acids is 1. The van der Waals surface area contributed by atoms with Gasteiger partial charge >= 0.3 is 11.9 Å². The molecule has 0 fully saturated rings. The van der Waals surface area contributed by atoms with E-state index >= 15 is 0 Å². The molecule has 20 heavy (non-hydrogen) atoms. The number of aliphatic carboxylic acids is 2. The Morgan fingerprint density at radius 2 is 1.80 bits per heavy atom. The van der Waals surface area contributed by atoms with E-state index in [1.54, 1.807) is 0 Å². The molecule has 3 N–H and O–H groups in total. The lowest BCUT2D eigenvalue weighted by Crippen LogP contribution is -2.43. The summed E-state index contributed by atoms with van der Waals surface area (Å²) >= 11 is 1.36. The maximum Gasteiger partial charge on any atom is 0.327 e. The summed E-state index contributed by atoms with van der Waals surface area (Å²) in [6.45, 7) is 0. The molecule has 0 aliphatic rings. The molecule has 1 rings (SSSR count). The summed E-state index contributed by atoms with van der Waals surface area (Å²) in [6, 6.07) is 8.42. The van der Waals surface area contributed by atoms with E-state index in [9.17, 15) is 14.4 Å². The van der Waals surface area contributed by atoms with Gasteiger partial charge in [-0.25, -0.2) is 4.79 Å². The fourth-order valence-corrected chi connectivity index (χ4v) is 2.43. The minimum atomic E-state index is -1.29. The van der Waals surface area contributed by atoms with Gasteiger partial charge in [0.2, 0.25) is 5.91 Å². The van der Waals surface area contributed by atoms with E-state index in [1.807, 2.05) is 30.3 Å². The van der Waals surface area contributed by atoms with E-state index in [2.05, 4.69) is 5.32 Å². The minimum absolute atomic E-state index is 0.176. The predicted molar refractivity (Wildman–Crippen MR) is 74.4 cm³/mol. The lowest BCUT2D eigenvalue weighted by atomic mass is 10.2. The maximum atomic E-state index is 11.2. The van der Waals surface area contributed by atoms with Crippen LogP contribution in [0.4, 0.5) is 0 Å². The number of carbonyl (C=O) groups is 3. The van der Waals surface area contributed by atoms with Crippen LogP contribution in [0.3, 0.4) is 0 Å². The second kappa shape index (κ2) is 8.21. The number of rotatable bonds is 8. The first-order valence-corrected chi connectivity index (χ1v) is 7.00. The second-order valence-corrected chi connectivity index (χ2v) is 5.06. The Hall–Kier alpha value is -2.02. The fourth-order valence-electron chi connectivity index (χ4n) is 1.43. The van der Waals surface area contributed by atoms with Gasteiger partial charge in [0.15, 0.2) is 0 Å². The van der Waals surface area contributed by atoms with Gasteiger partial charge in [-0.2, -0.15) is 11.8 Å². The van der Waals surface area contributed by atoms with Gasteiger partial charge in [0.1, 0.15) is 12.5 Å². The van der Waals surface area contributed by atoms with Crippen molar-refractivity contribution in [3.05, 3.63) is 35.9 Å². The monoisotopic (exact) mass is 297 g/mol. The fraction of sp³-hybridized carbons (Fsp3) is 0.308. The number of nitrogens with one attached hydrogen (secondary N) is 1. The normalized spacial score (nSPS) is 11.6. The minimum Gasteiger partial charge on any atom is -0.481 e. The van der Waals surface area contributed by atoms with Crippen molar-refractivity contribution in [2.24, 2.45) is 0 Å². The third kappa shape index (κ3) is 6.24. The summed E-state index contributed by atoms with van der Waals surface area (Å²) in [5, 5.41) is 19.6. The third-order valence-electron chi connectivity index (χ3n) is 2.34. The van der Waals surface area contributed by atoms with E-state index in [4.69, 9.17) is 10.2 Å². The quantitative estimate of drug-likeness (QED) is 0.618. The van der Waals surface area contributed by atoms with E-state index in [0.29, 0.717) is 5.75 Å². The average molecular weight is 297 g/mol. The molecule has 0 radical (unpaired) electrons. The molecule has 108 valence electrons. The molecule has 0 aliphatic heterocycles. The van der Waals surface area contributed by atoms with Crippen LogP contribution in [-0.2, 0) is 20.1 Å². The highest BCUT2D eigenvalue weighted by Crippen LogP contribution is 2.13. The molecule has 0 bridgehead atoms. The molecule has 7 heteroatoms. The van der Waals surface area contributed by atoms with Gasteiger partial charge in [-0.3, -0.25) is 9.59 Å². The highest BCUT2D eigenvalue weighted by atomic mass is 32.2. The molecule has 0 saturated carbocycles. The van der Waals surface area contributed by atoms with Gasteiger partial charge in [0.05, 0.1) is 0 Å². The van der Waals surface area contributed by atoms with Gasteiger partial charge < -0.3 is 15.5 Å². The van der Waals surface area contributed by atoms with Crippen LogP contribution in [0.5, 0.6) is 0 Å². The van der Waals surface area contributed by atoms with E-state index in [1.165, 1.54) is 11.8 Å². The van der Waals surface area contributed by atoms with Crippen LogP contribution in [0.1, 0.15) is 12.0 Å². The molecule has 0 saturated heterocycles. The van der Waals surface area contributed by atoms with Crippen LogP contribution in [-0.4, -0.2) is 39.9 Å². The van der Waals surface area contributed by atoms with Crippen LogP contribution in [0.25, 0.3) is 0 Å². The Labute approximate surface area is 120 Å². The van der Waals surface area contributed by atoms with Crippen LogP contribution >= 0.6 is 11.8 Å². The standard InChI is InChI=1S/C13H15NO5S/c15-11(6-12(16)17)14-10(13(18)19)8-20-7-9-4-2-1-3-5-9/h1-5,10H,6-8H2,(H,14,15)(H,16,17)(H,18,19)/t10-/m0/s1. The van der Waals surface area contributed by atoms with Crippen molar-refractivity contribution in [2.45, 2.75) is 18.2 Å². The van der Waals surface area contributed by atoms with Crippen molar-refractivity contribution >= 4 is 29.6 Å². The molecule has 1 aromatic rings. The van der Waals surface area contributed by atoms with Gasteiger partial charge in [-0.1, -0.05) is 30.3 Å². The molecule has 0 aliphatic carbocycles. The zero-order chi connectivity index (χ0) is 15.0. The van der Waals surface area contributed by atoms with Crippen molar-refractivity contribution in [1.29, 1.82) is 0 Å². The first-order chi connectivity index (χ1) is 9.49. The van der Waals surface area contributed by atoms with Gasteiger partial charge in [0, 0.05) is 11.5 Å². The van der Waals surface area contributed by atoms with Gasteiger partial charge in [-0.15, -0.1) is 0 Å². The van der Waals surface area contributed by atoms with Crippen molar-refractivity contribution in [3.63, 3.8) is 0 Å². The Morgan fingerprint density at radius 1 is 1.15 bits per heavy atom. The largest absolute Gasteiger partial charge is 0.481 e. The van der Waals surface area contributed by atoms with Crippen LogP contribution in [0.2, 0.25) is 0 Å². The Balaban J connectivity index is 2.41. The predicted octanol–water partition coefficient (Wildman–Crippen LogP) is 0.964. The summed E-state index contributed by atoms with van der Waals surface area (Å²) in [6.07, 6.45) is -0.729. The topological polar surface area (TPSA) is 104 Å². The van der Waals surface area contributed by atoms with Crippen LogP contribution < -0.4 is 5.32 Å². The first kappa shape index (κ1) is 16.0. The van der Waals surface area contributed by atoms with E-state index < -0.39 is 30.3 Å². The Kier molecular flexibility index (Phi) is 6.58. The number of hydrogen-bond acceptors (Lipinski definition) is 4. The second-order valence-electron chi connectivity index (χ2n) is 4.03. The molecule has 1 amide bonds. The van der Waals surface area contributed by atoms with Crippen molar-refractivity contribution in [1.82, 2.24) is 5.32 Å². The summed E-state index contributed by atoms with van der Waals surface area (Å²) in [7, 11) is 0. The van der Waals surface area contributed by atoms with Gasteiger partial charge in [0.25, 0.3) is 0 Å². The molecular formula is C13H15NO5S. The summed E-state index contributed by atoms with van der Waals surface area (Å²) in [5.41, 5.74) is 1.05. The molecule has 0 aromatic heterocycles.